The van der Waals surface area contributed by atoms with Gasteiger partial charge < -0.3 is 10.5 Å². The van der Waals surface area contributed by atoms with Crippen LogP contribution in [0.25, 0.3) is 10.9 Å². The lowest BCUT2D eigenvalue weighted by Crippen LogP contribution is -2.45. The summed E-state index contributed by atoms with van der Waals surface area (Å²) in [5.74, 6) is 0.309. The smallest absolute Gasteiger partial charge is 0.405 e. The average molecular weight is 356 g/mol. The second kappa shape index (κ2) is 5.44. The highest BCUT2D eigenvalue weighted by Crippen LogP contribution is 2.65. The first kappa shape index (κ1) is 17.3. The zero-order valence-electron chi connectivity index (χ0n) is 16.1. The minimum absolute atomic E-state index is 0.0609. The molecule has 3 unspecified atom stereocenters. The van der Waals surface area contributed by atoms with Gasteiger partial charge in [0.05, 0.1) is 5.52 Å². The van der Waals surface area contributed by atoms with E-state index in [-0.39, 0.29) is 10.8 Å². The summed E-state index contributed by atoms with van der Waals surface area (Å²) in [6.07, 6.45) is 6.86. The maximum absolute atomic E-state index is 11.6. The van der Waals surface area contributed by atoms with E-state index >= 15 is 0 Å². The van der Waals surface area contributed by atoms with Crippen LogP contribution in [0.15, 0.2) is 18.5 Å². The maximum Gasteiger partial charge on any atom is 0.405 e. The molecule has 0 saturated heterocycles. The van der Waals surface area contributed by atoms with Gasteiger partial charge in [-0.1, -0.05) is 20.8 Å². The number of pyridine rings is 1. The van der Waals surface area contributed by atoms with E-state index in [0.29, 0.717) is 5.92 Å². The van der Waals surface area contributed by atoms with Gasteiger partial charge in [0.25, 0.3) is 0 Å². The van der Waals surface area contributed by atoms with Gasteiger partial charge in [-0.05, 0) is 49.5 Å². The molecule has 2 fully saturated rings. The van der Waals surface area contributed by atoms with Crippen LogP contribution in [0.1, 0.15) is 52.1 Å². The van der Waals surface area contributed by atoms with Gasteiger partial charge in [0.2, 0.25) is 0 Å². The lowest BCUT2D eigenvalue weighted by molar-refractivity contribution is -0.0522. The van der Waals surface area contributed by atoms with Crippen LogP contribution in [-0.4, -0.2) is 26.5 Å². The molecule has 2 aliphatic carbocycles. The molecule has 2 N–H and O–H groups in total. The Balaban J connectivity index is 1.68. The predicted molar refractivity (Wildman–Crippen MR) is 99.5 cm³/mol. The first-order valence-corrected chi connectivity index (χ1v) is 9.40. The van der Waals surface area contributed by atoms with Gasteiger partial charge in [-0.3, -0.25) is 9.67 Å². The fourth-order valence-corrected chi connectivity index (χ4v) is 5.60. The van der Waals surface area contributed by atoms with E-state index in [9.17, 15) is 4.79 Å². The Morgan fingerprint density at radius 1 is 1.42 bits per heavy atom. The quantitative estimate of drug-likeness (QED) is 0.906. The number of nitrogens with zero attached hydrogens (tertiary/aromatic N) is 3. The number of carbonyl (C=O) groups is 1. The lowest BCUT2D eigenvalue weighted by atomic mass is 9.67. The standard InChI is InChI=1S/C20H28N4O2/c1-13-14-10-22-8-5-15(14)23-24(13)12-19-6-7-20(11-19,26-17(21)25)16(9-19)18(2,3)4/h5,8,10,16H,6-7,9,11-12H2,1-4H3,(H2,21,25). The van der Waals surface area contributed by atoms with Gasteiger partial charge in [0.1, 0.15) is 5.60 Å². The monoisotopic (exact) mass is 356 g/mol. The van der Waals surface area contributed by atoms with E-state index in [4.69, 9.17) is 15.6 Å². The number of primary amides is 1. The number of aromatic nitrogens is 3. The predicted octanol–water partition coefficient (Wildman–Crippen LogP) is 3.81. The molecule has 2 aromatic rings. The molecule has 2 aliphatic rings. The number of amides is 1. The van der Waals surface area contributed by atoms with Gasteiger partial charge in [0.15, 0.2) is 0 Å². The molecule has 2 bridgehead atoms. The molecule has 0 spiro atoms. The van der Waals surface area contributed by atoms with Crippen molar-refractivity contribution in [1.29, 1.82) is 0 Å². The topological polar surface area (TPSA) is 83.0 Å². The number of nitrogens with two attached hydrogens (primary N) is 1. The Morgan fingerprint density at radius 2 is 2.19 bits per heavy atom. The zero-order valence-corrected chi connectivity index (χ0v) is 16.1. The summed E-state index contributed by atoms with van der Waals surface area (Å²) in [7, 11) is 0. The Labute approximate surface area is 154 Å². The molecule has 0 aromatic carbocycles. The highest BCUT2D eigenvalue weighted by Gasteiger charge is 2.64. The summed E-state index contributed by atoms with van der Waals surface area (Å²) >= 11 is 0. The molecule has 2 aromatic heterocycles. The van der Waals surface area contributed by atoms with Gasteiger partial charge in [-0.2, -0.15) is 5.10 Å². The first-order valence-electron chi connectivity index (χ1n) is 9.40. The van der Waals surface area contributed by atoms with Crippen molar-refractivity contribution in [3.63, 3.8) is 0 Å². The van der Waals surface area contributed by atoms with E-state index in [1.807, 2.05) is 12.3 Å². The number of hydrogen-bond acceptors (Lipinski definition) is 4. The molecule has 4 rings (SSSR count). The fourth-order valence-electron chi connectivity index (χ4n) is 5.60. The van der Waals surface area contributed by atoms with Crippen LogP contribution in [0.3, 0.4) is 0 Å². The van der Waals surface area contributed by atoms with Crippen LogP contribution in [0.2, 0.25) is 0 Å². The van der Waals surface area contributed by atoms with E-state index in [1.165, 1.54) is 0 Å². The second-order valence-electron chi connectivity index (χ2n) is 9.42. The number of hydrogen-bond donors (Lipinski definition) is 1. The molecule has 140 valence electrons. The van der Waals surface area contributed by atoms with Gasteiger partial charge in [-0.15, -0.1) is 0 Å². The van der Waals surface area contributed by atoms with Crippen molar-refractivity contribution in [2.24, 2.45) is 22.5 Å². The van der Waals surface area contributed by atoms with Crippen LogP contribution >= 0.6 is 0 Å². The van der Waals surface area contributed by atoms with Crippen LogP contribution in [0, 0.1) is 23.7 Å². The van der Waals surface area contributed by atoms with Crippen molar-refractivity contribution in [3.05, 3.63) is 24.2 Å². The molecule has 2 heterocycles. The summed E-state index contributed by atoms with van der Waals surface area (Å²) in [6, 6.07) is 1.96. The average Bonchev–Trinajstić information content (AvgIpc) is 3.15. The summed E-state index contributed by atoms with van der Waals surface area (Å²) in [4.78, 5) is 15.8. The molecule has 2 saturated carbocycles. The zero-order chi connectivity index (χ0) is 18.7. The van der Waals surface area contributed by atoms with Crippen LogP contribution < -0.4 is 5.73 Å². The van der Waals surface area contributed by atoms with Crippen molar-refractivity contribution in [2.45, 2.75) is 65.5 Å². The molecular weight excluding hydrogens is 328 g/mol. The Morgan fingerprint density at radius 3 is 2.85 bits per heavy atom. The third-order valence-corrected chi connectivity index (χ3v) is 6.66. The molecule has 1 amide bonds. The molecule has 26 heavy (non-hydrogen) atoms. The van der Waals surface area contributed by atoms with Crippen molar-refractivity contribution in [1.82, 2.24) is 14.8 Å². The second-order valence-corrected chi connectivity index (χ2v) is 9.42. The SMILES string of the molecule is Cc1c2cnccc2nn1CC12CCC(OC(N)=O)(C1)C(C(C)(C)C)C2. The van der Waals surface area contributed by atoms with Gasteiger partial charge in [0, 0.05) is 35.9 Å². The Kier molecular flexibility index (Phi) is 3.62. The molecule has 0 aliphatic heterocycles. The normalized spacial score (nSPS) is 30.8. The molecule has 6 heteroatoms. The number of carbonyl (C=O) groups excluding carboxylic acids is 1. The van der Waals surface area contributed by atoms with Gasteiger partial charge in [-0.25, -0.2) is 4.79 Å². The molecule has 6 nitrogen and oxygen atoms in total. The van der Waals surface area contributed by atoms with E-state index in [1.54, 1.807) is 6.20 Å². The first-order chi connectivity index (χ1) is 12.1. The van der Waals surface area contributed by atoms with E-state index in [2.05, 4.69) is 37.4 Å². The molecular formula is C20H28N4O2. The van der Waals surface area contributed by atoms with Crippen molar-refractivity contribution in [2.75, 3.05) is 0 Å². The highest BCUT2D eigenvalue weighted by atomic mass is 16.6. The minimum Gasteiger partial charge on any atom is -0.443 e. The largest absolute Gasteiger partial charge is 0.443 e. The summed E-state index contributed by atoms with van der Waals surface area (Å²) in [6.45, 7) is 9.65. The van der Waals surface area contributed by atoms with Crippen molar-refractivity contribution in [3.8, 4) is 0 Å². The van der Waals surface area contributed by atoms with E-state index in [0.717, 1.165) is 48.8 Å². The molecule has 0 radical (unpaired) electrons. The third kappa shape index (κ3) is 2.58. The molecule has 3 atom stereocenters. The number of ether oxygens (including phenoxy) is 1. The Bertz CT molecular complexity index is 868. The van der Waals surface area contributed by atoms with Crippen LogP contribution in [0.4, 0.5) is 4.79 Å². The Hall–Kier alpha value is -2.11. The van der Waals surface area contributed by atoms with Crippen molar-refractivity contribution < 1.29 is 9.53 Å². The third-order valence-electron chi connectivity index (χ3n) is 6.66. The lowest BCUT2D eigenvalue weighted by Gasteiger charge is -2.42. The maximum atomic E-state index is 11.6. The van der Waals surface area contributed by atoms with Crippen LogP contribution in [0.5, 0.6) is 0 Å². The number of aryl methyl sites for hydroxylation is 1. The summed E-state index contributed by atoms with van der Waals surface area (Å²) < 4.78 is 7.90. The summed E-state index contributed by atoms with van der Waals surface area (Å²) in [5, 5.41) is 5.91. The minimum atomic E-state index is -0.649. The van der Waals surface area contributed by atoms with E-state index < -0.39 is 11.7 Å². The number of rotatable bonds is 3. The highest BCUT2D eigenvalue weighted by molar-refractivity contribution is 5.80. The van der Waals surface area contributed by atoms with Crippen molar-refractivity contribution >= 4 is 17.0 Å². The number of fused-ring (bicyclic) bond motifs is 3. The summed E-state index contributed by atoms with van der Waals surface area (Å²) in [5.41, 5.74) is 7.31. The fraction of sp³-hybridized carbons (Fsp3) is 0.650. The van der Waals surface area contributed by atoms with Gasteiger partial charge >= 0.3 is 6.09 Å². The van der Waals surface area contributed by atoms with Crippen LogP contribution in [-0.2, 0) is 11.3 Å².